The largest absolute Gasteiger partial charge is 0.450 e. The van der Waals surface area contributed by atoms with Crippen molar-refractivity contribution >= 4 is 19.3 Å². The summed E-state index contributed by atoms with van der Waals surface area (Å²) in [5.41, 5.74) is -0.751. The fourth-order valence-electron chi connectivity index (χ4n) is 4.49. The monoisotopic (exact) mass is 568 g/mol. The highest BCUT2D eigenvalue weighted by Crippen LogP contribution is 2.64. The SMILES string of the molecule is CC1CCN(C(=O)c2cccc(Oc3cc(C(OP(=O)(N4CC4)N4CC4)C(F)(F)F)ccc3[N+](=O)[O-])c2)CC1. The van der Waals surface area contributed by atoms with Gasteiger partial charge in [0.15, 0.2) is 6.10 Å². The number of nitro benzene ring substituents is 1. The summed E-state index contributed by atoms with van der Waals surface area (Å²) in [5.74, 6) is -0.102. The second-order valence-electron chi connectivity index (χ2n) is 10.0. The second-order valence-corrected chi connectivity index (χ2v) is 12.3. The van der Waals surface area contributed by atoms with E-state index in [1.807, 2.05) is 0 Å². The van der Waals surface area contributed by atoms with Crippen LogP contribution < -0.4 is 4.74 Å². The summed E-state index contributed by atoms with van der Waals surface area (Å²) in [7, 11) is -3.88. The predicted octanol–water partition coefficient (Wildman–Crippen LogP) is 5.62. The van der Waals surface area contributed by atoms with Crippen LogP contribution in [0.2, 0.25) is 0 Å². The number of carbonyl (C=O) groups excluding carboxylic acids is 1. The summed E-state index contributed by atoms with van der Waals surface area (Å²) in [6.45, 7) is 4.78. The highest BCUT2D eigenvalue weighted by Gasteiger charge is 2.55. The molecule has 39 heavy (non-hydrogen) atoms. The molecule has 2 aromatic carbocycles. The molecule has 0 saturated carbocycles. The maximum absolute atomic E-state index is 14.2. The zero-order chi connectivity index (χ0) is 27.9. The Hall–Kier alpha value is -2.99. The molecular weight excluding hydrogens is 540 g/mol. The Morgan fingerprint density at radius 3 is 2.26 bits per heavy atom. The molecular formula is C25H28F3N4O6P. The van der Waals surface area contributed by atoms with Crippen LogP contribution in [0, 0.1) is 16.0 Å². The average molecular weight is 568 g/mol. The molecule has 2 aromatic rings. The van der Waals surface area contributed by atoms with Crippen LogP contribution in [0.1, 0.15) is 41.8 Å². The Labute approximate surface area is 223 Å². The van der Waals surface area contributed by atoms with E-state index in [1.165, 1.54) is 27.5 Å². The predicted molar refractivity (Wildman–Crippen MR) is 135 cm³/mol. The van der Waals surface area contributed by atoms with Crippen LogP contribution in [0.25, 0.3) is 0 Å². The Balaban J connectivity index is 1.43. The van der Waals surface area contributed by atoms with Gasteiger partial charge in [-0.1, -0.05) is 13.0 Å². The van der Waals surface area contributed by atoms with Crippen molar-refractivity contribution in [3.05, 3.63) is 63.7 Å². The quantitative estimate of drug-likeness (QED) is 0.166. The molecule has 1 unspecified atom stereocenters. The molecule has 0 aliphatic carbocycles. The minimum Gasteiger partial charge on any atom is -0.450 e. The van der Waals surface area contributed by atoms with Crippen LogP contribution in [0.4, 0.5) is 18.9 Å². The van der Waals surface area contributed by atoms with Crippen LogP contribution in [0.15, 0.2) is 42.5 Å². The molecule has 5 rings (SSSR count). The normalized spacial score (nSPS) is 19.5. The van der Waals surface area contributed by atoms with Crippen molar-refractivity contribution in [2.45, 2.75) is 32.0 Å². The van der Waals surface area contributed by atoms with Gasteiger partial charge in [-0.3, -0.25) is 24.0 Å². The third-order valence-corrected chi connectivity index (χ3v) is 9.68. The summed E-state index contributed by atoms with van der Waals surface area (Å²) < 4.78 is 69.5. The van der Waals surface area contributed by atoms with Crippen LogP contribution in [-0.2, 0) is 9.09 Å². The van der Waals surface area contributed by atoms with E-state index < -0.39 is 41.9 Å². The van der Waals surface area contributed by atoms with Gasteiger partial charge in [-0.05, 0) is 54.7 Å². The van der Waals surface area contributed by atoms with E-state index in [0.717, 1.165) is 31.0 Å². The number of halogens is 3. The molecule has 3 saturated heterocycles. The van der Waals surface area contributed by atoms with E-state index >= 15 is 0 Å². The van der Waals surface area contributed by atoms with Crippen LogP contribution in [0.5, 0.6) is 11.5 Å². The number of alkyl halides is 3. The number of likely N-dealkylation sites (tertiary alicyclic amines) is 1. The topological polar surface area (TPSA) is 105 Å². The first-order valence-electron chi connectivity index (χ1n) is 12.7. The number of hydrogen-bond acceptors (Lipinski definition) is 6. The third kappa shape index (κ3) is 6.11. The molecule has 14 heteroatoms. The summed E-state index contributed by atoms with van der Waals surface area (Å²) in [6, 6.07) is 8.69. The van der Waals surface area contributed by atoms with E-state index in [4.69, 9.17) is 9.26 Å². The molecule has 0 aromatic heterocycles. The van der Waals surface area contributed by atoms with Gasteiger partial charge in [0.25, 0.3) is 5.91 Å². The van der Waals surface area contributed by atoms with Crippen molar-refractivity contribution < 1.29 is 36.7 Å². The molecule has 3 aliphatic rings. The average Bonchev–Trinajstić information content (AvgIpc) is 3.79. The van der Waals surface area contributed by atoms with Crippen molar-refractivity contribution in [3.63, 3.8) is 0 Å². The maximum atomic E-state index is 14.2. The van der Waals surface area contributed by atoms with E-state index in [1.54, 1.807) is 11.0 Å². The minimum atomic E-state index is -4.95. The van der Waals surface area contributed by atoms with E-state index in [9.17, 15) is 32.6 Å². The molecule has 3 fully saturated rings. The zero-order valence-corrected chi connectivity index (χ0v) is 22.1. The number of benzene rings is 2. The smallest absolute Gasteiger partial charge is 0.419 e. The maximum Gasteiger partial charge on any atom is 0.419 e. The molecule has 3 aliphatic heterocycles. The Morgan fingerprint density at radius 2 is 1.69 bits per heavy atom. The number of rotatable bonds is 9. The number of piperidine rings is 1. The van der Waals surface area contributed by atoms with Gasteiger partial charge in [0.2, 0.25) is 5.75 Å². The van der Waals surface area contributed by atoms with Crippen molar-refractivity contribution in [3.8, 4) is 11.5 Å². The lowest BCUT2D eigenvalue weighted by atomic mass is 9.98. The lowest BCUT2D eigenvalue weighted by Crippen LogP contribution is -2.37. The number of hydrogen-bond donors (Lipinski definition) is 0. The highest BCUT2D eigenvalue weighted by atomic mass is 31.2. The second kappa shape index (κ2) is 10.5. The highest BCUT2D eigenvalue weighted by molar-refractivity contribution is 7.54. The van der Waals surface area contributed by atoms with Gasteiger partial charge in [-0.25, -0.2) is 9.34 Å². The van der Waals surface area contributed by atoms with Gasteiger partial charge in [-0.15, -0.1) is 0 Å². The zero-order valence-electron chi connectivity index (χ0n) is 21.2. The fraction of sp³-hybridized carbons (Fsp3) is 0.480. The summed E-state index contributed by atoms with van der Waals surface area (Å²) in [6.07, 6.45) is -5.78. The summed E-state index contributed by atoms with van der Waals surface area (Å²) in [4.78, 5) is 25.6. The van der Waals surface area contributed by atoms with E-state index in [-0.39, 0.29) is 11.7 Å². The third-order valence-electron chi connectivity index (χ3n) is 6.97. The van der Waals surface area contributed by atoms with Crippen molar-refractivity contribution in [2.75, 3.05) is 39.3 Å². The lowest BCUT2D eigenvalue weighted by molar-refractivity contribution is -0.385. The van der Waals surface area contributed by atoms with Crippen LogP contribution in [0.3, 0.4) is 0 Å². The molecule has 1 atom stereocenters. The van der Waals surface area contributed by atoms with E-state index in [0.29, 0.717) is 50.7 Å². The molecule has 0 N–H and O–H groups in total. The summed E-state index contributed by atoms with van der Waals surface area (Å²) >= 11 is 0. The standard InChI is InChI=1S/C25H28F3N4O6P/c1-17-7-9-29(10-8-17)24(33)19-3-2-4-20(15-19)37-22-16-18(5-6-21(22)32(34)35)23(25(26,27)28)38-39(36,30-11-12-30)31-13-14-31/h2-6,15-17,23H,7-14H2,1H3. The number of amides is 1. The first-order chi connectivity index (χ1) is 18.5. The first-order valence-corrected chi connectivity index (χ1v) is 14.2. The van der Waals surface area contributed by atoms with Crippen LogP contribution in [-0.4, -0.2) is 70.5 Å². The molecule has 3 heterocycles. The van der Waals surface area contributed by atoms with Crippen molar-refractivity contribution in [1.29, 1.82) is 0 Å². The Morgan fingerprint density at radius 1 is 1.05 bits per heavy atom. The number of nitro groups is 1. The van der Waals surface area contributed by atoms with Gasteiger partial charge >= 0.3 is 19.5 Å². The van der Waals surface area contributed by atoms with Gasteiger partial charge in [0.1, 0.15) is 5.75 Å². The number of ether oxygens (including phenoxy) is 1. The molecule has 0 bridgehead atoms. The van der Waals surface area contributed by atoms with Gasteiger partial charge < -0.3 is 9.64 Å². The van der Waals surface area contributed by atoms with E-state index in [2.05, 4.69) is 6.92 Å². The minimum absolute atomic E-state index is 0.0507. The molecule has 10 nitrogen and oxygen atoms in total. The summed E-state index contributed by atoms with van der Waals surface area (Å²) in [5, 5.41) is 11.7. The lowest BCUT2D eigenvalue weighted by Gasteiger charge is -2.30. The fourth-order valence-corrected chi connectivity index (χ4v) is 6.82. The van der Waals surface area contributed by atoms with Gasteiger partial charge in [0, 0.05) is 50.9 Å². The number of nitrogens with zero attached hydrogens (tertiary/aromatic N) is 4. The molecule has 0 radical (unpaired) electrons. The van der Waals surface area contributed by atoms with Crippen molar-refractivity contribution in [2.24, 2.45) is 5.92 Å². The first kappa shape index (κ1) is 27.6. The van der Waals surface area contributed by atoms with Crippen molar-refractivity contribution in [1.82, 2.24) is 14.2 Å². The van der Waals surface area contributed by atoms with Crippen LogP contribution >= 0.6 is 7.67 Å². The van der Waals surface area contributed by atoms with Gasteiger partial charge in [0.05, 0.1) is 4.92 Å². The van der Waals surface area contributed by atoms with Gasteiger partial charge in [-0.2, -0.15) is 13.2 Å². The molecule has 210 valence electrons. The molecule has 0 spiro atoms. The molecule has 1 amide bonds. The Kier molecular flexibility index (Phi) is 7.45. The number of carbonyl (C=O) groups is 1. The Bertz CT molecular complexity index is 1290.